The molecule has 0 atom stereocenters. The quantitative estimate of drug-likeness (QED) is 0.276. The summed E-state index contributed by atoms with van der Waals surface area (Å²) >= 11 is 0. The van der Waals surface area contributed by atoms with Crippen LogP contribution in [0.5, 0.6) is 0 Å². The molecule has 0 bridgehead atoms. The maximum atomic E-state index is 10.9. The summed E-state index contributed by atoms with van der Waals surface area (Å²) in [5, 5.41) is 20.2. The normalized spacial score (nSPS) is 10.7. The maximum Gasteiger partial charge on any atom is 0.270 e. The van der Waals surface area contributed by atoms with Gasteiger partial charge in [0.05, 0.1) is 49.3 Å². The monoisotopic (exact) mass is 427 g/mol. The van der Waals surface area contributed by atoms with Gasteiger partial charge in [-0.1, -0.05) is 0 Å². The molecule has 0 aliphatic carbocycles. The van der Waals surface area contributed by atoms with E-state index in [1.165, 1.54) is 12.1 Å². The summed E-state index contributed by atoms with van der Waals surface area (Å²) in [7, 11) is 6.20. The minimum absolute atomic E-state index is 0. The summed E-state index contributed by atoms with van der Waals surface area (Å²) < 4.78 is 2.54. The number of benzene rings is 1. The summed E-state index contributed by atoms with van der Waals surface area (Å²) in [6.07, 6.45) is 1.66. The SMILES string of the molecule is Cc1ncn(-c2ccc([N+](=O)[O-])cc2C#N)c1C[N+](C)(C)C.[I-]. The fraction of sp³-hybridized carbons (Fsp3) is 0.333. The fourth-order valence-electron chi connectivity index (χ4n) is 2.25. The summed E-state index contributed by atoms with van der Waals surface area (Å²) in [4.78, 5) is 14.7. The van der Waals surface area contributed by atoms with Crippen LogP contribution in [0, 0.1) is 28.4 Å². The number of hydrogen-bond acceptors (Lipinski definition) is 4. The molecule has 7 nitrogen and oxygen atoms in total. The number of imidazole rings is 1. The van der Waals surface area contributed by atoms with Crippen LogP contribution in [0.15, 0.2) is 24.5 Å². The van der Waals surface area contributed by atoms with E-state index in [1.807, 2.05) is 17.6 Å². The van der Waals surface area contributed by atoms with Crippen molar-refractivity contribution >= 4 is 5.69 Å². The average molecular weight is 427 g/mol. The average Bonchev–Trinajstić information content (AvgIpc) is 2.77. The number of hydrogen-bond donors (Lipinski definition) is 0. The Balaban J connectivity index is 0.00000264. The van der Waals surface area contributed by atoms with Gasteiger partial charge < -0.3 is 28.5 Å². The van der Waals surface area contributed by atoms with Crippen LogP contribution in [-0.4, -0.2) is 40.1 Å². The van der Waals surface area contributed by atoms with E-state index in [9.17, 15) is 15.4 Å². The Bertz CT molecular complexity index is 771. The third kappa shape index (κ3) is 4.27. The molecule has 122 valence electrons. The molecule has 23 heavy (non-hydrogen) atoms. The first-order valence-electron chi connectivity index (χ1n) is 6.75. The number of quaternary nitrogens is 1. The van der Waals surface area contributed by atoms with Gasteiger partial charge in [0.1, 0.15) is 18.3 Å². The molecule has 0 amide bonds. The van der Waals surface area contributed by atoms with Crippen molar-refractivity contribution in [3.8, 4) is 11.8 Å². The van der Waals surface area contributed by atoms with E-state index in [4.69, 9.17) is 0 Å². The highest BCUT2D eigenvalue weighted by molar-refractivity contribution is 5.55. The van der Waals surface area contributed by atoms with Crippen LogP contribution in [0.3, 0.4) is 0 Å². The first kappa shape index (κ1) is 19.1. The van der Waals surface area contributed by atoms with Gasteiger partial charge in [-0.3, -0.25) is 14.7 Å². The number of rotatable bonds is 4. The lowest BCUT2D eigenvalue weighted by Gasteiger charge is -2.25. The molecule has 2 rings (SSSR count). The van der Waals surface area contributed by atoms with Crippen LogP contribution in [0.1, 0.15) is 17.0 Å². The van der Waals surface area contributed by atoms with Gasteiger partial charge in [-0.25, -0.2) is 4.98 Å². The molecule has 0 saturated heterocycles. The number of nitrogens with zero attached hydrogens (tertiary/aromatic N) is 5. The Labute approximate surface area is 151 Å². The van der Waals surface area contributed by atoms with Crippen LogP contribution in [-0.2, 0) is 6.54 Å². The van der Waals surface area contributed by atoms with Crippen LogP contribution in [0.4, 0.5) is 5.69 Å². The summed E-state index contributed by atoms with van der Waals surface area (Å²) in [5.41, 5.74) is 2.64. The van der Waals surface area contributed by atoms with Crippen molar-refractivity contribution in [3.63, 3.8) is 0 Å². The second-order valence-corrected chi connectivity index (χ2v) is 6.17. The van der Waals surface area contributed by atoms with Crippen molar-refractivity contribution in [2.24, 2.45) is 0 Å². The largest absolute Gasteiger partial charge is 1.00 e. The number of nitriles is 1. The van der Waals surface area contributed by atoms with E-state index in [1.54, 1.807) is 12.4 Å². The summed E-state index contributed by atoms with van der Waals surface area (Å²) in [6, 6.07) is 6.32. The van der Waals surface area contributed by atoms with E-state index in [0.717, 1.165) is 17.9 Å². The van der Waals surface area contributed by atoms with E-state index in [2.05, 4.69) is 26.1 Å². The van der Waals surface area contributed by atoms with Crippen molar-refractivity contribution in [2.45, 2.75) is 13.5 Å². The van der Waals surface area contributed by atoms with E-state index < -0.39 is 4.92 Å². The minimum Gasteiger partial charge on any atom is -1.00 e. The molecular weight excluding hydrogens is 409 g/mol. The molecule has 0 saturated carbocycles. The van der Waals surface area contributed by atoms with Crippen molar-refractivity contribution < 1.29 is 33.4 Å². The van der Waals surface area contributed by atoms with Crippen LogP contribution < -0.4 is 24.0 Å². The Morgan fingerprint density at radius 1 is 1.39 bits per heavy atom. The number of nitro benzene ring substituents is 1. The second-order valence-electron chi connectivity index (χ2n) is 6.17. The highest BCUT2D eigenvalue weighted by Crippen LogP contribution is 2.24. The van der Waals surface area contributed by atoms with Gasteiger partial charge in [0.15, 0.2) is 0 Å². The Kier molecular flexibility index (Phi) is 5.85. The molecule has 0 fully saturated rings. The molecule has 1 heterocycles. The molecule has 2 aromatic rings. The lowest BCUT2D eigenvalue weighted by atomic mass is 10.1. The second kappa shape index (κ2) is 7.06. The first-order chi connectivity index (χ1) is 10.2. The van der Waals surface area contributed by atoms with Gasteiger partial charge in [-0.2, -0.15) is 5.26 Å². The number of non-ortho nitro benzene ring substituents is 1. The molecule has 0 radical (unpaired) electrons. The molecule has 1 aromatic heterocycles. The zero-order valence-electron chi connectivity index (χ0n) is 13.4. The molecule has 0 aliphatic heterocycles. The smallest absolute Gasteiger partial charge is 0.270 e. The van der Waals surface area contributed by atoms with E-state index in [-0.39, 0.29) is 35.2 Å². The van der Waals surface area contributed by atoms with Gasteiger partial charge in [0.25, 0.3) is 5.69 Å². The van der Waals surface area contributed by atoms with Crippen LogP contribution in [0.2, 0.25) is 0 Å². The van der Waals surface area contributed by atoms with Gasteiger partial charge in [-0.05, 0) is 13.0 Å². The number of halogens is 1. The van der Waals surface area contributed by atoms with Gasteiger partial charge in [-0.15, -0.1) is 0 Å². The number of nitro groups is 1. The third-order valence-electron chi connectivity index (χ3n) is 3.27. The molecule has 1 aromatic carbocycles. The Hall–Kier alpha value is -1.99. The molecule has 8 heteroatoms. The Morgan fingerprint density at radius 2 is 2.04 bits per heavy atom. The molecule has 0 spiro atoms. The standard InChI is InChI=1S/C15H18N5O2.HI/c1-11-15(9-20(2,3)4)18(10-17-11)14-6-5-13(19(21)22)7-12(14)8-16;/h5-7,10H,9H2,1-4H3;1H/q+1;/p-1. The molecule has 0 unspecified atom stereocenters. The summed E-state index contributed by atoms with van der Waals surface area (Å²) in [5.74, 6) is 0. The van der Waals surface area contributed by atoms with Crippen molar-refractivity contribution in [1.82, 2.24) is 9.55 Å². The van der Waals surface area contributed by atoms with Gasteiger partial charge in [0, 0.05) is 12.1 Å². The lowest BCUT2D eigenvalue weighted by molar-refractivity contribution is -0.884. The first-order valence-corrected chi connectivity index (χ1v) is 6.75. The van der Waals surface area contributed by atoms with Gasteiger partial charge >= 0.3 is 0 Å². The molecule has 0 N–H and O–H groups in total. The zero-order chi connectivity index (χ0) is 16.5. The predicted octanol–water partition coefficient (Wildman–Crippen LogP) is -0.829. The van der Waals surface area contributed by atoms with Crippen molar-refractivity contribution in [2.75, 3.05) is 21.1 Å². The van der Waals surface area contributed by atoms with Crippen LogP contribution in [0.25, 0.3) is 5.69 Å². The highest BCUT2D eigenvalue weighted by Gasteiger charge is 2.20. The third-order valence-corrected chi connectivity index (χ3v) is 3.27. The topological polar surface area (TPSA) is 84.8 Å². The zero-order valence-corrected chi connectivity index (χ0v) is 15.6. The summed E-state index contributed by atoms with van der Waals surface area (Å²) in [6.45, 7) is 2.65. The van der Waals surface area contributed by atoms with E-state index >= 15 is 0 Å². The molecular formula is C15H18IN5O2. The lowest BCUT2D eigenvalue weighted by Crippen LogP contribution is -3.00. The maximum absolute atomic E-state index is 10.9. The highest BCUT2D eigenvalue weighted by atomic mass is 127. The predicted molar refractivity (Wildman–Crippen MR) is 81.4 cm³/mol. The van der Waals surface area contributed by atoms with Crippen LogP contribution >= 0.6 is 0 Å². The van der Waals surface area contributed by atoms with Crippen molar-refractivity contribution in [1.29, 1.82) is 5.26 Å². The van der Waals surface area contributed by atoms with E-state index in [0.29, 0.717) is 10.2 Å². The Morgan fingerprint density at radius 3 is 2.57 bits per heavy atom. The number of aryl methyl sites for hydroxylation is 1. The minimum atomic E-state index is -0.503. The fourth-order valence-corrected chi connectivity index (χ4v) is 2.25. The van der Waals surface area contributed by atoms with Crippen molar-refractivity contribution in [3.05, 3.63) is 51.6 Å². The van der Waals surface area contributed by atoms with Gasteiger partial charge in [0.2, 0.25) is 0 Å². The number of aromatic nitrogens is 2. The molecule has 0 aliphatic rings.